The molecule has 10 aliphatic carbocycles. The molecule has 0 bridgehead atoms. The van der Waals surface area contributed by atoms with Crippen LogP contribution in [0, 0.1) is 138 Å². The van der Waals surface area contributed by atoms with Crippen LogP contribution >= 0.6 is 0 Å². The van der Waals surface area contributed by atoms with Crippen molar-refractivity contribution in [2.24, 2.45) is 131 Å². The number of nitrogens with one attached hydrogen (secondary N) is 2. The molecule has 0 aromatic heterocycles. The summed E-state index contributed by atoms with van der Waals surface area (Å²) in [5, 5.41) is 17.3. The van der Waals surface area contributed by atoms with Gasteiger partial charge in [0, 0.05) is 58.1 Å². The summed E-state index contributed by atoms with van der Waals surface area (Å²) in [5.74, 6) is 2.64. The Labute approximate surface area is 494 Å². The molecule has 10 saturated carbocycles. The van der Waals surface area contributed by atoms with E-state index >= 15 is 9.59 Å². The Morgan fingerprint density at radius 2 is 1.03 bits per heavy atom. The number of allylic oxidation sites excluding steroid dienone is 2. The van der Waals surface area contributed by atoms with E-state index < -0.39 is 28.6 Å². The Morgan fingerprint density at radius 1 is 0.558 bits per heavy atom. The van der Waals surface area contributed by atoms with Gasteiger partial charge in [-0.05, 0) is 220 Å². The Bertz CT molecular complexity index is 2380. The Morgan fingerprint density at radius 3 is 1.51 bits per heavy atom. The first-order valence-electron chi connectivity index (χ1n) is 31.8. The third-order valence-electron chi connectivity index (χ3n) is 29.5. The van der Waals surface area contributed by atoms with Crippen molar-refractivity contribution in [3.8, 4) is 0 Å². The molecule has 10 aliphatic rings. The van der Waals surface area contributed by atoms with Crippen LogP contribution in [0.1, 0.15) is 232 Å². The zero-order valence-electron chi connectivity index (χ0n) is 51.4. The minimum atomic E-state index is -1.06. The third kappa shape index (κ3) is 8.56. The maximum absolute atomic E-state index is 15.1. The van der Waals surface area contributed by atoms with Gasteiger partial charge in [-0.1, -0.05) is 126 Å². The predicted octanol–water partition coefficient (Wildman–Crippen LogP) is 15.7. The number of amides is 2. The number of ketones is 1. The maximum atomic E-state index is 15.1. The molecule has 10 rings (SSSR count). The van der Waals surface area contributed by atoms with Gasteiger partial charge in [0.1, 0.15) is 5.78 Å². The fourth-order valence-corrected chi connectivity index (χ4v) is 24.7. The summed E-state index contributed by atoms with van der Waals surface area (Å²) in [7, 11) is 0. The Kier molecular flexibility index (Phi) is 15.8. The fourth-order valence-electron chi connectivity index (χ4n) is 24.7. The summed E-state index contributed by atoms with van der Waals surface area (Å²) in [6.45, 7) is 44.0. The van der Waals surface area contributed by atoms with Crippen LogP contribution in [0.15, 0.2) is 24.3 Å². The van der Waals surface area contributed by atoms with Gasteiger partial charge in [-0.25, -0.2) is 0 Å². The molecule has 2 amide bonds. The minimum Gasteiger partial charge on any atom is -0.481 e. The second-order valence-electron chi connectivity index (χ2n) is 32.5. The molecule has 0 aliphatic heterocycles. The monoisotopic (exact) mass is 1130 g/mol. The van der Waals surface area contributed by atoms with Crippen LogP contribution in [0.5, 0.6) is 0 Å². The van der Waals surface area contributed by atoms with Crippen molar-refractivity contribution >= 4 is 23.6 Å². The number of hydrogen-bond donors (Lipinski definition) is 3. The summed E-state index contributed by atoms with van der Waals surface area (Å²) in [4.78, 5) is 57.4. The first-order chi connectivity index (χ1) is 35.4. The van der Waals surface area contributed by atoms with Gasteiger partial charge in [-0.3, -0.25) is 19.2 Å². The number of carbonyl (C=O) groups is 4. The van der Waals surface area contributed by atoms with Gasteiger partial charge < -0.3 is 22.2 Å². The average molecular weight is 1140 g/mol. The first-order valence-corrected chi connectivity index (χ1v) is 31.8. The van der Waals surface area contributed by atoms with Crippen molar-refractivity contribution in [1.82, 2.24) is 10.6 Å². The molecule has 21 atom stereocenters. The number of hydrogen-bond acceptors (Lipinski definition) is 4. The second-order valence-corrected chi connectivity index (χ2v) is 32.5. The van der Waals surface area contributed by atoms with Gasteiger partial charge in [0.2, 0.25) is 11.8 Å². The fraction of sp³-hybridized carbons (Fsp3) is 0.870. The second kappa shape index (κ2) is 20.2. The van der Waals surface area contributed by atoms with E-state index in [1.54, 1.807) is 0 Å². The zero-order chi connectivity index (χ0) is 55.4. The summed E-state index contributed by atoms with van der Waals surface area (Å²) < 4.78 is 0. The molecule has 10 fully saturated rings. The molecular weight excluding hydrogens is 1030 g/mol. The van der Waals surface area contributed by atoms with Crippen LogP contribution in [-0.4, -0.2) is 41.8 Å². The average Bonchev–Trinajstić information content (AvgIpc) is 3.96. The smallest absolute Gasteiger partial charge is 0.308 e. The van der Waals surface area contributed by atoms with E-state index in [9.17, 15) is 14.7 Å². The van der Waals surface area contributed by atoms with Crippen LogP contribution < -0.4 is 10.6 Å². The van der Waals surface area contributed by atoms with E-state index in [-0.39, 0.29) is 115 Å². The molecule has 1 radical (unpaired) electrons. The number of rotatable bonds is 12. The van der Waals surface area contributed by atoms with E-state index in [0.717, 1.165) is 69.6 Å². The third-order valence-corrected chi connectivity index (χ3v) is 29.5. The molecule has 429 valence electrons. The van der Waals surface area contributed by atoms with E-state index in [1.165, 1.54) is 81.8 Å². The SMILES string of the molecule is C=C(C)C1CCC2(C(=O)NCC(C)C(=O)CC(CNC(=O)C34CCC(C(=C)C)C3C3CCC5C6(C)CCC(C)C(C)(C)C6CCC5(C)C3(C)CC4)C(=O)O)CCC3(C)C(CCC4C5(C)CC[CH-]C(C)(C)C5CCC43C)C12.[Y]. The Hall–Kier alpha value is -1.34. The summed E-state index contributed by atoms with van der Waals surface area (Å²) in [6, 6.07) is 0. The van der Waals surface area contributed by atoms with Gasteiger partial charge in [0.15, 0.2) is 0 Å². The zero-order valence-corrected chi connectivity index (χ0v) is 54.3. The van der Waals surface area contributed by atoms with Crippen LogP contribution in [0.3, 0.4) is 0 Å². The van der Waals surface area contributed by atoms with E-state index in [1.807, 2.05) is 6.92 Å². The van der Waals surface area contributed by atoms with Gasteiger partial charge in [0.25, 0.3) is 0 Å². The van der Waals surface area contributed by atoms with Crippen LogP contribution in [0.4, 0.5) is 0 Å². The standard InChI is InChI=1S/C69H109N2O5.Y/c1-41(2)46-23-32-68(36-34-64(13)48(55(46)68)18-20-53-62(11)28-17-27-60(7,8)51(62)25-30-66(53,64)15)58(75)70-39-43(5)50(72)38-45(57(73)74)40-71-59(76)69-33-24-47(42(3)4)56(69)49-19-21-54-63(12)29-22-44(6)61(9,10)52(63)26-31-67(54,16)65(49,14)35-37-69;/h27,43-49,51-56H,1,3,17-26,28-40H2,2,4-16H3,(H,70,75)(H,71,76)(H,73,74);/q-1;. The van der Waals surface area contributed by atoms with E-state index in [2.05, 4.69) is 120 Å². The number of aliphatic carboxylic acids is 1. The Balaban J connectivity index is 0.00000722. The van der Waals surface area contributed by atoms with Crippen molar-refractivity contribution in [2.75, 3.05) is 13.1 Å². The number of carboxylic acids is 1. The molecule has 77 heavy (non-hydrogen) atoms. The van der Waals surface area contributed by atoms with E-state index in [4.69, 9.17) is 0 Å². The molecule has 0 spiro atoms. The topological polar surface area (TPSA) is 113 Å². The van der Waals surface area contributed by atoms with Crippen LogP contribution in [0.2, 0.25) is 0 Å². The molecule has 3 N–H and O–H groups in total. The molecule has 7 nitrogen and oxygen atoms in total. The van der Waals surface area contributed by atoms with Crippen molar-refractivity contribution in [1.29, 1.82) is 0 Å². The van der Waals surface area contributed by atoms with E-state index in [0.29, 0.717) is 51.8 Å². The van der Waals surface area contributed by atoms with Crippen LogP contribution in [-0.2, 0) is 51.9 Å². The first kappa shape index (κ1) is 60.3. The van der Waals surface area contributed by atoms with Crippen molar-refractivity contribution < 1.29 is 57.0 Å². The molecule has 8 heteroatoms. The van der Waals surface area contributed by atoms with Crippen molar-refractivity contribution in [2.45, 2.75) is 232 Å². The summed E-state index contributed by atoms with van der Waals surface area (Å²) in [5.41, 5.74) is 3.23. The van der Waals surface area contributed by atoms with Gasteiger partial charge in [-0.2, -0.15) is 11.8 Å². The maximum Gasteiger partial charge on any atom is 0.308 e. The summed E-state index contributed by atoms with van der Waals surface area (Å²) in [6.07, 6.45) is 24.8. The molecule has 0 heterocycles. The largest absolute Gasteiger partial charge is 0.481 e. The van der Waals surface area contributed by atoms with Crippen molar-refractivity contribution in [3.05, 3.63) is 30.7 Å². The molecule has 0 saturated heterocycles. The molecule has 0 aromatic rings. The quantitative estimate of drug-likeness (QED) is 0.133. The molecule has 21 unspecified atom stereocenters. The van der Waals surface area contributed by atoms with Gasteiger partial charge >= 0.3 is 5.97 Å². The minimum absolute atomic E-state index is 0. The number of Topliss-reactive ketones (excluding diaryl/α,β-unsaturated/α-hetero) is 1. The van der Waals surface area contributed by atoms with Crippen molar-refractivity contribution in [3.63, 3.8) is 0 Å². The normalized spacial score (nSPS) is 48.6. The van der Waals surface area contributed by atoms with Gasteiger partial charge in [0.05, 0.1) is 16.7 Å². The van der Waals surface area contributed by atoms with Crippen LogP contribution in [0.25, 0.3) is 0 Å². The number of carboxylic acid groups (broad SMARTS) is 1. The number of carbonyl (C=O) groups excluding carboxylic acids is 3. The predicted molar refractivity (Wildman–Crippen MR) is 307 cm³/mol. The summed E-state index contributed by atoms with van der Waals surface area (Å²) >= 11 is 0. The van der Waals surface area contributed by atoms with Gasteiger partial charge in [-0.15, -0.1) is 0 Å². The molecule has 0 aromatic carbocycles. The molecular formula is C69H109N2O5Y-. The number of fused-ring (bicyclic) bond motifs is 14.